The Kier molecular flexibility index (Phi) is 5.37. The molecular weight excluding hydrogens is 373 g/mol. The maximum atomic E-state index is 12.8. The van der Waals surface area contributed by atoms with Crippen molar-refractivity contribution in [2.75, 3.05) is 38.1 Å². The van der Waals surface area contributed by atoms with Gasteiger partial charge in [0.05, 0.1) is 5.52 Å². The smallest absolute Gasteiger partial charge is 0.419 e. The van der Waals surface area contributed by atoms with Gasteiger partial charge < -0.3 is 14.5 Å². The van der Waals surface area contributed by atoms with E-state index in [1.165, 1.54) is 5.69 Å². The molecule has 0 unspecified atom stereocenters. The molecule has 1 fully saturated rings. The molecule has 6 heteroatoms. The predicted molar refractivity (Wildman–Crippen MR) is 124 cm³/mol. The maximum absolute atomic E-state index is 12.8. The van der Waals surface area contributed by atoms with Crippen molar-refractivity contribution in [1.82, 2.24) is 9.47 Å². The molecule has 2 heterocycles. The van der Waals surface area contributed by atoms with Crippen molar-refractivity contribution in [2.45, 2.75) is 26.4 Å². The van der Waals surface area contributed by atoms with Gasteiger partial charge in [-0.05, 0) is 51.6 Å². The summed E-state index contributed by atoms with van der Waals surface area (Å²) in [4.78, 5) is 17.5. The van der Waals surface area contributed by atoms with E-state index < -0.39 is 11.7 Å². The Hall–Kier alpha value is -2.73. The number of rotatable bonds is 2. The van der Waals surface area contributed by atoms with E-state index in [2.05, 4.69) is 41.1 Å². The van der Waals surface area contributed by atoms with Crippen LogP contribution in [0.15, 0.2) is 48.7 Å². The summed E-state index contributed by atoms with van der Waals surface area (Å²) in [6, 6.07) is 14.1. The van der Waals surface area contributed by atoms with Crippen molar-refractivity contribution < 1.29 is 9.53 Å². The van der Waals surface area contributed by atoms with E-state index in [4.69, 9.17) is 12.6 Å². The second-order valence-corrected chi connectivity index (χ2v) is 9.01. The normalized spacial score (nSPS) is 15.5. The lowest BCUT2D eigenvalue weighted by molar-refractivity contribution is 0.0544. The SMILES string of the molecule is [B]c1ccc2c(c1)c(-c1ccc(N3CCN(C)CC3)cc1)cn2C(=O)OC(C)(C)C. The van der Waals surface area contributed by atoms with Crippen molar-refractivity contribution in [1.29, 1.82) is 0 Å². The van der Waals surface area contributed by atoms with E-state index in [1.54, 1.807) is 4.57 Å². The lowest BCUT2D eigenvalue weighted by Gasteiger charge is -2.34. The summed E-state index contributed by atoms with van der Waals surface area (Å²) in [5, 5.41) is 0.938. The Morgan fingerprint density at radius 2 is 1.67 bits per heavy atom. The van der Waals surface area contributed by atoms with E-state index in [-0.39, 0.29) is 0 Å². The molecule has 0 aliphatic carbocycles. The molecule has 0 amide bonds. The predicted octanol–water partition coefficient (Wildman–Crippen LogP) is 3.64. The number of aromatic nitrogens is 1. The first kappa shape index (κ1) is 20.5. The van der Waals surface area contributed by atoms with E-state index in [9.17, 15) is 4.79 Å². The number of piperazine rings is 1. The number of hydrogen-bond donors (Lipinski definition) is 0. The topological polar surface area (TPSA) is 37.7 Å². The summed E-state index contributed by atoms with van der Waals surface area (Å²) in [5.74, 6) is 0. The third kappa shape index (κ3) is 4.24. The molecule has 30 heavy (non-hydrogen) atoms. The van der Waals surface area contributed by atoms with Crippen LogP contribution in [0.2, 0.25) is 0 Å². The lowest BCUT2D eigenvalue weighted by Crippen LogP contribution is -2.44. The lowest BCUT2D eigenvalue weighted by atomic mass is 9.93. The molecule has 1 aliphatic heterocycles. The zero-order valence-corrected chi connectivity index (χ0v) is 18.2. The van der Waals surface area contributed by atoms with Gasteiger partial charge in [0, 0.05) is 49.0 Å². The number of likely N-dealkylation sites (N-methyl/N-ethyl adjacent to an activating group) is 1. The van der Waals surface area contributed by atoms with Crippen LogP contribution in [0.4, 0.5) is 10.5 Å². The van der Waals surface area contributed by atoms with Gasteiger partial charge in [0.2, 0.25) is 0 Å². The van der Waals surface area contributed by atoms with Gasteiger partial charge in [0.1, 0.15) is 13.4 Å². The van der Waals surface area contributed by atoms with Gasteiger partial charge in [-0.1, -0.05) is 29.7 Å². The summed E-state index contributed by atoms with van der Waals surface area (Å²) in [6.45, 7) is 9.81. The fraction of sp³-hybridized carbons (Fsp3) is 0.375. The third-order valence-electron chi connectivity index (χ3n) is 5.47. The Bertz CT molecular complexity index is 1060. The average molecular weight is 401 g/mol. The average Bonchev–Trinajstić information content (AvgIpc) is 3.06. The highest BCUT2D eigenvalue weighted by Crippen LogP contribution is 2.32. The number of nitrogens with zero attached hydrogens (tertiary/aromatic N) is 3. The number of hydrogen-bond acceptors (Lipinski definition) is 4. The fourth-order valence-electron chi connectivity index (χ4n) is 3.86. The Balaban J connectivity index is 1.70. The van der Waals surface area contributed by atoms with Crippen LogP contribution in [0.1, 0.15) is 20.8 Å². The van der Waals surface area contributed by atoms with Crippen LogP contribution in [0.5, 0.6) is 0 Å². The summed E-state index contributed by atoms with van der Waals surface area (Å²) >= 11 is 0. The Morgan fingerprint density at radius 1 is 1.00 bits per heavy atom. The second-order valence-electron chi connectivity index (χ2n) is 9.01. The molecule has 2 aromatic carbocycles. The first-order valence-corrected chi connectivity index (χ1v) is 10.4. The summed E-state index contributed by atoms with van der Waals surface area (Å²) in [7, 11) is 8.21. The molecule has 0 spiro atoms. The van der Waals surface area contributed by atoms with E-state index in [1.807, 2.05) is 45.2 Å². The zero-order valence-electron chi connectivity index (χ0n) is 18.2. The molecule has 0 atom stereocenters. The minimum Gasteiger partial charge on any atom is -0.443 e. The van der Waals surface area contributed by atoms with Crippen LogP contribution in [0.3, 0.4) is 0 Å². The highest BCUT2D eigenvalue weighted by Gasteiger charge is 2.21. The monoisotopic (exact) mass is 401 g/mol. The molecule has 1 aromatic heterocycles. The molecule has 5 nitrogen and oxygen atoms in total. The van der Waals surface area contributed by atoms with Crippen LogP contribution < -0.4 is 10.4 Å². The van der Waals surface area contributed by atoms with Crippen molar-refractivity contribution in [2.24, 2.45) is 0 Å². The number of carbonyl (C=O) groups excluding carboxylic acids is 1. The number of fused-ring (bicyclic) bond motifs is 1. The molecule has 4 rings (SSSR count). The van der Waals surface area contributed by atoms with Gasteiger partial charge in [-0.3, -0.25) is 4.57 Å². The number of carbonyl (C=O) groups is 1. The van der Waals surface area contributed by atoms with Crippen LogP contribution in [0.25, 0.3) is 22.0 Å². The molecule has 0 saturated carbocycles. The van der Waals surface area contributed by atoms with Gasteiger partial charge in [-0.25, -0.2) is 4.79 Å². The van der Waals surface area contributed by atoms with Gasteiger partial charge >= 0.3 is 6.09 Å². The fourth-order valence-corrected chi connectivity index (χ4v) is 3.86. The van der Waals surface area contributed by atoms with E-state index in [0.29, 0.717) is 5.46 Å². The van der Waals surface area contributed by atoms with Gasteiger partial charge in [-0.2, -0.15) is 0 Å². The molecule has 1 aliphatic rings. The van der Waals surface area contributed by atoms with Crippen LogP contribution in [0, 0.1) is 0 Å². The van der Waals surface area contributed by atoms with Gasteiger partial charge in [0.15, 0.2) is 0 Å². The largest absolute Gasteiger partial charge is 0.443 e. The highest BCUT2D eigenvalue weighted by atomic mass is 16.6. The standard InChI is InChI=1S/C24H28BN3O2/c1-24(2,3)30-23(29)28-16-21(20-15-18(25)7-10-22(20)28)17-5-8-19(9-6-17)27-13-11-26(4)12-14-27/h5-10,15-16H,11-14H2,1-4H3. The van der Waals surface area contributed by atoms with Crippen LogP contribution in [-0.2, 0) is 4.74 Å². The van der Waals surface area contributed by atoms with Crippen molar-refractivity contribution in [3.05, 3.63) is 48.7 Å². The molecule has 154 valence electrons. The molecule has 0 N–H and O–H groups in total. The summed E-state index contributed by atoms with van der Waals surface area (Å²) in [5.41, 5.74) is 4.13. The highest BCUT2D eigenvalue weighted by molar-refractivity contribution is 6.33. The van der Waals surface area contributed by atoms with Crippen molar-refractivity contribution >= 4 is 36.0 Å². The number of anilines is 1. The van der Waals surface area contributed by atoms with Crippen LogP contribution in [-0.4, -0.2) is 62.2 Å². The first-order valence-electron chi connectivity index (χ1n) is 10.4. The van der Waals surface area contributed by atoms with E-state index >= 15 is 0 Å². The summed E-state index contributed by atoms with van der Waals surface area (Å²) in [6.07, 6.45) is 1.46. The molecule has 3 aromatic rings. The van der Waals surface area contributed by atoms with Crippen molar-refractivity contribution in [3.8, 4) is 11.1 Å². The summed E-state index contributed by atoms with van der Waals surface area (Å²) < 4.78 is 7.17. The zero-order chi connectivity index (χ0) is 21.5. The molecule has 2 radical (unpaired) electrons. The second kappa shape index (κ2) is 7.84. The van der Waals surface area contributed by atoms with Gasteiger partial charge in [0.25, 0.3) is 0 Å². The number of ether oxygens (including phenoxy) is 1. The van der Waals surface area contributed by atoms with Crippen LogP contribution >= 0.6 is 0 Å². The van der Waals surface area contributed by atoms with Gasteiger partial charge in [-0.15, -0.1) is 0 Å². The maximum Gasteiger partial charge on any atom is 0.419 e. The first-order chi connectivity index (χ1) is 14.2. The minimum atomic E-state index is -0.564. The molecule has 0 bridgehead atoms. The quantitative estimate of drug-likeness (QED) is 0.615. The molecule has 1 saturated heterocycles. The number of benzene rings is 2. The van der Waals surface area contributed by atoms with Crippen molar-refractivity contribution in [3.63, 3.8) is 0 Å². The Morgan fingerprint density at radius 3 is 2.30 bits per heavy atom. The van der Waals surface area contributed by atoms with E-state index in [0.717, 1.165) is 48.2 Å². The third-order valence-corrected chi connectivity index (χ3v) is 5.47. The minimum absolute atomic E-state index is 0.391. The Labute approximate surface area is 179 Å². The molecular formula is C24H28BN3O2.